The second-order valence-corrected chi connectivity index (χ2v) is 8.35. The molecule has 2 N–H and O–H groups in total. The van der Waals surface area contributed by atoms with Gasteiger partial charge in [0, 0.05) is 10.9 Å². The number of carboxylic acid groups (broad SMARTS) is 1. The zero-order chi connectivity index (χ0) is 17.1. The maximum absolute atomic E-state index is 12.6. The Bertz CT molecular complexity index is 612. The van der Waals surface area contributed by atoms with Gasteiger partial charge in [0.05, 0.1) is 5.56 Å². The molecule has 0 aromatic heterocycles. The second-order valence-electron chi connectivity index (χ2n) is 6.97. The van der Waals surface area contributed by atoms with Crippen molar-refractivity contribution in [1.82, 2.24) is 5.32 Å². The number of benzene rings is 1. The van der Waals surface area contributed by atoms with E-state index in [4.69, 9.17) is 5.11 Å². The summed E-state index contributed by atoms with van der Waals surface area (Å²) in [6.45, 7) is 1.64. The largest absolute Gasteiger partial charge is 0.480 e. The third-order valence-corrected chi connectivity index (χ3v) is 6.36. The molecule has 1 aromatic carbocycles. The molecule has 5 heteroatoms. The lowest BCUT2D eigenvalue weighted by Gasteiger charge is -2.21. The van der Waals surface area contributed by atoms with Crippen LogP contribution in [0.1, 0.15) is 55.8 Å². The van der Waals surface area contributed by atoms with Gasteiger partial charge in [-0.05, 0) is 37.3 Å². The summed E-state index contributed by atoms with van der Waals surface area (Å²) in [5, 5.41) is 11.7. The van der Waals surface area contributed by atoms with Gasteiger partial charge in [-0.3, -0.25) is 9.59 Å². The van der Waals surface area contributed by atoms with Gasteiger partial charge in [-0.25, -0.2) is 0 Å². The summed E-state index contributed by atoms with van der Waals surface area (Å²) in [7, 11) is 0. The Labute approximate surface area is 147 Å². The van der Waals surface area contributed by atoms with Crippen LogP contribution in [0.25, 0.3) is 0 Å². The van der Waals surface area contributed by atoms with Crippen molar-refractivity contribution in [2.45, 2.75) is 61.6 Å². The Morgan fingerprint density at radius 1 is 1.21 bits per heavy atom. The monoisotopic (exact) mass is 347 g/mol. The molecule has 2 saturated carbocycles. The van der Waals surface area contributed by atoms with Crippen LogP contribution in [0.15, 0.2) is 29.2 Å². The first-order chi connectivity index (χ1) is 11.6. The van der Waals surface area contributed by atoms with Crippen molar-refractivity contribution in [2.24, 2.45) is 11.8 Å². The molecule has 0 heterocycles. The van der Waals surface area contributed by atoms with E-state index in [2.05, 4.69) is 5.32 Å². The first kappa shape index (κ1) is 17.3. The Hall–Kier alpha value is -1.49. The summed E-state index contributed by atoms with van der Waals surface area (Å²) < 4.78 is 0. The first-order valence-electron chi connectivity index (χ1n) is 8.85. The Morgan fingerprint density at radius 3 is 2.62 bits per heavy atom. The summed E-state index contributed by atoms with van der Waals surface area (Å²) in [5.41, 5.74) is 0.588. The molecule has 0 spiro atoms. The predicted molar refractivity (Wildman–Crippen MR) is 95.3 cm³/mol. The maximum Gasteiger partial charge on any atom is 0.316 e. The van der Waals surface area contributed by atoms with E-state index in [1.807, 2.05) is 18.2 Å². The molecule has 3 atom stereocenters. The van der Waals surface area contributed by atoms with E-state index < -0.39 is 11.2 Å². The molecule has 1 amide bonds. The van der Waals surface area contributed by atoms with Crippen LogP contribution in [-0.2, 0) is 4.79 Å². The smallest absolute Gasteiger partial charge is 0.316 e. The minimum absolute atomic E-state index is 0.0704. The molecule has 0 bridgehead atoms. The number of hydrogen-bond acceptors (Lipinski definition) is 3. The summed E-state index contributed by atoms with van der Waals surface area (Å²) >= 11 is 1.22. The van der Waals surface area contributed by atoms with Gasteiger partial charge < -0.3 is 10.4 Å². The molecule has 1 aromatic rings. The van der Waals surface area contributed by atoms with Crippen molar-refractivity contribution in [3.05, 3.63) is 29.8 Å². The molecule has 0 aliphatic heterocycles. The molecule has 0 saturated heterocycles. The van der Waals surface area contributed by atoms with Gasteiger partial charge in [-0.1, -0.05) is 44.2 Å². The molecule has 2 aliphatic carbocycles. The molecule has 4 nitrogen and oxygen atoms in total. The van der Waals surface area contributed by atoms with Gasteiger partial charge in [0.15, 0.2) is 0 Å². The Balaban J connectivity index is 1.60. The summed E-state index contributed by atoms with van der Waals surface area (Å²) in [5.74, 6) is 0.487. The van der Waals surface area contributed by atoms with Crippen LogP contribution < -0.4 is 5.32 Å². The highest BCUT2D eigenvalue weighted by Crippen LogP contribution is 2.44. The molecule has 0 radical (unpaired) electrons. The van der Waals surface area contributed by atoms with E-state index in [-0.39, 0.29) is 5.91 Å². The van der Waals surface area contributed by atoms with Gasteiger partial charge in [-0.15, -0.1) is 11.8 Å². The minimum Gasteiger partial charge on any atom is -0.480 e. The quantitative estimate of drug-likeness (QED) is 0.765. The van der Waals surface area contributed by atoms with Gasteiger partial charge in [0.2, 0.25) is 0 Å². The van der Waals surface area contributed by atoms with Crippen LogP contribution in [0, 0.1) is 11.8 Å². The van der Waals surface area contributed by atoms with Gasteiger partial charge >= 0.3 is 5.97 Å². The fraction of sp³-hybridized carbons (Fsp3) is 0.579. The zero-order valence-corrected chi connectivity index (χ0v) is 14.8. The van der Waals surface area contributed by atoms with Crippen LogP contribution in [0.2, 0.25) is 0 Å². The highest BCUT2D eigenvalue weighted by atomic mass is 32.2. The topological polar surface area (TPSA) is 66.4 Å². The molecule has 130 valence electrons. The number of carbonyl (C=O) groups is 2. The lowest BCUT2D eigenvalue weighted by atomic mass is 9.85. The fourth-order valence-corrected chi connectivity index (χ4v) is 4.63. The Morgan fingerprint density at radius 2 is 1.92 bits per heavy atom. The third kappa shape index (κ3) is 4.12. The highest BCUT2D eigenvalue weighted by molar-refractivity contribution is 8.00. The maximum atomic E-state index is 12.6. The first-order valence-corrected chi connectivity index (χ1v) is 9.73. The number of hydrogen-bond donors (Lipinski definition) is 2. The number of nitrogens with one attached hydrogen (secondary N) is 1. The molecule has 24 heavy (non-hydrogen) atoms. The van der Waals surface area contributed by atoms with Crippen molar-refractivity contribution in [3.63, 3.8) is 0 Å². The molecule has 2 fully saturated rings. The summed E-state index contributed by atoms with van der Waals surface area (Å²) in [6.07, 6.45) is 7.71. The summed E-state index contributed by atoms with van der Waals surface area (Å²) in [6, 6.07) is 7.58. The van der Waals surface area contributed by atoms with E-state index in [1.54, 1.807) is 13.0 Å². The minimum atomic E-state index is -0.866. The summed E-state index contributed by atoms with van der Waals surface area (Å²) in [4.78, 5) is 24.4. The number of rotatable bonds is 6. The van der Waals surface area contributed by atoms with Crippen LogP contribution >= 0.6 is 11.8 Å². The second kappa shape index (κ2) is 7.60. The number of thioether (sulfide) groups is 1. The van der Waals surface area contributed by atoms with E-state index in [0.29, 0.717) is 17.5 Å². The van der Waals surface area contributed by atoms with E-state index in [9.17, 15) is 9.59 Å². The van der Waals surface area contributed by atoms with Crippen LogP contribution in [0.4, 0.5) is 0 Å². The molecule has 3 unspecified atom stereocenters. The van der Waals surface area contributed by atoms with Gasteiger partial charge in [0.1, 0.15) is 5.25 Å². The normalized spacial score (nSPS) is 25.0. The third-order valence-electron chi connectivity index (χ3n) is 5.19. The zero-order valence-electron chi connectivity index (χ0n) is 14.0. The van der Waals surface area contributed by atoms with Crippen LogP contribution in [0.3, 0.4) is 0 Å². The van der Waals surface area contributed by atoms with Crippen molar-refractivity contribution >= 4 is 23.6 Å². The standard InChI is InChI=1S/C19H25NO3S/c1-12(19(22)23)24-17-10-6-5-9-14(17)18(21)20-16-11-15(16)13-7-3-2-4-8-13/h5-6,9-10,12-13,15-16H,2-4,7-8,11H2,1H3,(H,20,21)(H,22,23). The Kier molecular flexibility index (Phi) is 5.49. The SMILES string of the molecule is CC(Sc1ccccc1C(=O)NC1CC1C1CCCCC1)C(=O)O. The van der Waals surface area contributed by atoms with Gasteiger partial charge in [-0.2, -0.15) is 0 Å². The molecule has 3 rings (SSSR count). The lowest BCUT2D eigenvalue weighted by molar-refractivity contribution is -0.136. The number of amides is 1. The van der Waals surface area contributed by atoms with E-state index >= 15 is 0 Å². The number of aliphatic carboxylic acids is 1. The average molecular weight is 347 g/mol. The van der Waals surface area contributed by atoms with E-state index in [0.717, 1.165) is 17.2 Å². The predicted octanol–water partition coefficient (Wildman–Crippen LogP) is 3.95. The van der Waals surface area contributed by atoms with Crippen molar-refractivity contribution in [3.8, 4) is 0 Å². The van der Waals surface area contributed by atoms with E-state index in [1.165, 1.54) is 43.9 Å². The van der Waals surface area contributed by atoms with Crippen molar-refractivity contribution in [2.75, 3.05) is 0 Å². The molecule has 2 aliphatic rings. The molecular formula is C19H25NO3S. The number of carboxylic acids is 1. The fourth-order valence-electron chi connectivity index (χ4n) is 3.71. The van der Waals surface area contributed by atoms with Crippen molar-refractivity contribution < 1.29 is 14.7 Å². The lowest BCUT2D eigenvalue weighted by Crippen LogP contribution is -2.29. The molecular weight excluding hydrogens is 322 g/mol. The van der Waals surface area contributed by atoms with Crippen LogP contribution in [-0.4, -0.2) is 28.3 Å². The van der Waals surface area contributed by atoms with Gasteiger partial charge in [0.25, 0.3) is 5.91 Å². The van der Waals surface area contributed by atoms with Crippen molar-refractivity contribution in [1.29, 1.82) is 0 Å². The average Bonchev–Trinajstić information content (AvgIpc) is 3.35. The number of carbonyl (C=O) groups excluding carboxylic acids is 1. The van der Waals surface area contributed by atoms with Crippen LogP contribution in [0.5, 0.6) is 0 Å². The highest BCUT2D eigenvalue weighted by Gasteiger charge is 2.43.